The van der Waals surface area contributed by atoms with E-state index in [0.717, 1.165) is 19.3 Å². The van der Waals surface area contributed by atoms with E-state index in [4.69, 9.17) is 4.74 Å². The minimum atomic E-state index is -3.77. The molecule has 2 heterocycles. The molecule has 0 radical (unpaired) electrons. The van der Waals surface area contributed by atoms with Crippen molar-refractivity contribution >= 4 is 33.2 Å². The fourth-order valence-corrected chi connectivity index (χ4v) is 6.75. The second kappa shape index (κ2) is 8.70. The molecule has 2 aromatic rings. The molecular formula is C21H25N3O5S2. The lowest BCUT2D eigenvalue weighted by Gasteiger charge is -2.34. The minimum absolute atomic E-state index is 0.0301. The van der Waals surface area contributed by atoms with Gasteiger partial charge in [-0.2, -0.15) is 4.31 Å². The van der Waals surface area contributed by atoms with Crippen molar-refractivity contribution in [2.24, 2.45) is 0 Å². The number of carbonyl (C=O) groups is 2. The van der Waals surface area contributed by atoms with E-state index in [1.165, 1.54) is 50.3 Å². The smallest absolute Gasteiger partial charge is 0.279 e. The quantitative estimate of drug-likeness (QED) is 0.676. The Kier molecular flexibility index (Phi) is 6.16. The van der Waals surface area contributed by atoms with Crippen LogP contribution in [0, 0.1) is 0 Å². The second-order valence-corrected chi connectivity index (χ2v) is 11.0. The van der Waals surface area contributed by atoms with Gasteiger partial charge in [-0.3, -0.25) is 20.4 Å². The van der Waals surface area contributed by atoms with Gasteiger partial charge in [0.25, 0.3) is 11.8 Å². The number of fused-ring (bicyclic) bond motifs is 1. The fourth-order valence-electron chi connectivity index (χ4n) is 3.96. The number of thiophene rings is 1. The molecule has 2 aliphatic rings. The van der Waals surface area contributed by atoms with Crippen LogP contribution in [0.3, 0.4) is 0 Å². The predicted octanol–water partition coefficient (Wildman–Crippen LogP) is 2.11. The number of sulfonamides is 1. The summed E-state index contributed by atoms with van der Waals surface area (Å²) in [6.45, 7) is 4.16. The van der Waals surface area contributed by atoms with E-state index in [1.807, 2.05) is 19.9 Å². The number of hydrogen-bond acceptors (Lipinski definition) is 6. The number of nitrogens with zero attached hydrogens (tertiary/aromatic N) is 1. The van der Waals surface area contributed by atoms with Crippen LogP contribution in [0.4, 0.5) is 0 Å². The molecule has 0 saturated carbocycles. The van der Waals surface area contributed by atoms with Crippen molar-refractivity contribution < 1.29 is 22.7 Å². The zero-order valence-electron chi connectivity index (χ0n) is 17.4. The third kappa shape index (κ3) is 4.67. The van der Waals surface area contributed by atoms with E-state index in [-0.39, 0.29) is 41.7 Å². The highest BCUT2D eigenvalue weighted by atomic mass is 32.2. The molecule has 0 bridgehead atoms. The monoisotopic (exact) mass is 463 g/mol. The van der Waals surface area contributed by atoms with Crippen molar-refractivity contribution in [1.29, 1.82) is 0 Å². The Hall–Kier alpha value is -2.27. The van der Waals surface area contributed by atoms with Crippen LogP contribution in [-0.2, 0) is 27.6 Å². The van der Waals surface area contributed by atoms with E-state index >= 15 is 0 Å². The van der Waals surface area contributed by atoms with Gasteiger partial charge in [0.15, 0.2) is 0 Å². The number of carbonyl (C=O) groups excluding carboxylic acids is 2. The third-order valence-electron chi connectivity index (χ3n) is 5.38. The Morgan fingerprint density at radius 3 is 2.48 bits per heavy atom. The van der Waals surface area contributed by atoms with Gasteiger partial charge in [0, 0.05) is 23.5 Å². The Bertz CT molecular complexity index is 1080. The lowest BCUT2D eigenvalue weighted by Crippen LogP contribution is -2.48. The highest BCUT2D eigenvalue weighted by Crippen LogP contribution is 2.30. The summed E-state index contributed by atoms with van der Waals surface area (Å²) < 4.78 is 33.1. The molecule has 2 atom stereocenters. The topological polar surface area (TPSA) is 105 Å². The van der Waals surface area contributed by atoms with Crippen molar-refractivity contribution in [2.45, 2.75) is 50.2 Å². The zero-order valence-corrected chi connectivity index (χ0v) is 19.0. The zero-order chi connectivity index (χ0) is 22.2. The van der Waals surface area contributed by atoms with E-state index in [1.54, 1.807) is 0 Å². The van der Waals surface area contributed by atoms with Gasteiger partial charge in [0.1, 0.15) is 0 Å². The van der Waals surface area contributed by atoms with Crippen molar-refractivity contribution in [1.82, 2.24) is 15.2 Å². The first kappa shape index (κ1) is 21.9. The van der Waals surface area contributed by atoms with Crippen LogP contribution >= 0.6 is 11.3 Å². The molecule has 1 aromatic carbocycles. The van der Waals surface area contributed by atoms with Gasteiger partial charge < -0.3 is 4.74 Å². The number of rotatable bonds is 4. The Morgan fingerprint density at radius 2 is 1.77 bits per heavy atom. The Morgan fingerprint density at radius 1 is 1.06 bits per heavy atom. The van der Waals surface area contributed by atoms with Gasteiger partial charge in [0.05, 0.1) is 22.0 Å². The first-order valence-corrected chi connectivity index (χ1v) is 12.5. The molecular weight excluding hydrogens is 438 g/mol. The maximum Gasteiger partial charge on any atom is 0.279 e. The maximum atomic E-state index is 13.0. The molecule has 10 heteroatoms. The van der Waals surface area contributed by atoms with Crippen molar-refractivity contribution in [3.05, 3.63) is 51.2 Å². The number of nitrogens with one attached hydrogen (secondary N) is 2. The molecule has 1 aliphatic heterocycles. The SMILES string of the molecule is CC1CN(S(=O)(=O)c2cccc(C(=O)NNC(=O)c3cc4c(s3)CCC4)c2)CC(C)O1. The number of hydrogen-bond donors (Lipinski definition) is 2. The first-order valence-electron chi connectivity index (χ1n) is 10.2. The van der Waals surface area contributed by atoms with Crippen molar-refractivity contribution in [2.75, 3.05) is 13.1 Å². The number of aryl methyl sites for hydroxylation is 2. The fraction of sp³-hybridized carbons (Fsp3) is 0.429. The lowest BCUT2D eigenvalue weighted by molar-refractivity contribution is -0.0440. The highest BCUT2D eigenvalue weighted by Gasteiger charge is 2.32. The molecule has 4 rings (SSSR count). The van der Waals surface area contributed by atoms with Crippen LogP contribution < -0.4 is 10.9 Å². The number of morpholine rings is 1. The van der Waals surface area contributed by atoms with Crippen LogP contribution in [-0.4, -0.2) is 49.8 Å². The second-order valence-electron chi connectivity index (χ2n) is 7.93. The van der Waals surface area contributed by atoms with Crippen LogP contribution in [0.1, 0.15) is 50.7 Å². The van der Waals surface area contributed by atoms with Crippen LogP contribution in [0.2, 0.25) is 0 Å². The predicted molar refractivity (Wildman–Crippen MR) is 116 cm³/mol. The summed E-state index contributed by atoms with van der Waals surface area (Å²) in [4.78, 5) is 26.7. The molecule has 0 spiro atoms. The van der Waals surface area contributed by atoms with Gasteiger partial charge in [-0.1, -0.05) is 6.07 Å². The largest absolute Gasteiger partial charge is 0.373 e. The molecule has 1 saturated heterocycles. The Balaban J connectivity index is 1.43. The van der Waals surface area contributed by atoms with Crippen molar-refractivity contribution in [3.8, 4) is 0 Å². The Labute approximate surface area is 185 Å². The number of ether oxygens (including phenoxy) is 1. The molecule has 1 fully saturated rings. The summed E-state index contributed by atoms with van der Waals surface area (Å²) >= 11 is 1.44. The summed E-state index contributed by atoms with van der Waals surface area (Å²) in [6.07, 6.45) is 2.66. The van der Waals surface area contributed by atoms with E-state index in [9.17, 15) is 18.0 Å². The van der Waals surface area contributed by atoms with Crippen molar-refractivity contribution in [3.63, 3.8) is 0 Å². The summed E-state index contributed by atoms with van der Waals surface area (Å²) in [7, 11) is -3.77. The number of benzene rings is 1. The molecule has 2 unspecified atom stereocenters. The molecule has 31 heavy (non-hydrogen) atoms. The van der Waals surface area contributed by atoms with E-state index < -0.39 is 15.9 Å². The third-order valence-corrected chi connectivity index (χ3v) is 8.44. The summed E-state index contributed by atoms with van der Waals surface area (Å²) in [5.41, 5.74) is 6.13. The molecule has 1 aliphatic carbocycles. The summed E-state index contributed by atoms with van der Waals surface area (Å²) in [5, 5.41) is 0. The molecule has 1 aromatic heterocycles. The summed E-state index contributed by atoms with van der Waals surface area (Å²) in [5.74, 6) is -0.967. The summed E-state index contributed by atoms with van der Waals surface area (Å²) in [6, 6.07) is 7.67. The highest BCUT2D eigenvalue weighted by molar-refractivity contribution is 7.89. The van der Waals surface area contributed by atoms with Crippen LogP contribution in [0.5, 0.6) is 0 Å². The van der Waals surface area contributed by atoms with Crippen LogP contribution in [0.15, 0.2) is 35.2 Å². The maximum absolute atomic E-state index is 13.0. The average Bonchev–Trinajstić information content (AvgIpc) is 3.33. The van der Waals surface area contributed by atoms with Gasteiger partial charge in [-0.05, 0) is 62.9 Å². The van der Waals surface area contributed by atoms with E-state index in [0.29, 0.717) is 4.88 Å². The molecule has 2 N–H and O–H groups in total. The van der Waals surface area contributed by atoms with Gasteiger partial charge >= 0.3 is 0 Å². The van der Waals surface area contributed by atoms with E-state index in [2.05, 4.69) is 10.9 Å². The van der Waals surface area contributed by atoms with Gasteiger partial charge in [-0.15, -0.1) is 11.3 Å². The number of hydrazine groups is 1. The molecule has 8 nitrogen and oxygen atoms in total. The standard InChI is InChI=1S/C21H25N3O5S2/c1-13-11-24(12-14(2)29-13)31(27,28)17-7-3-6-16(9-17)20(25)22-23-21(26)19-10-15-5-4-8-18(15)30-19/h3,6-7,9-10,13-14H,4-5,8,11-12H2,1-2H3,(H,22,25)(H,23,26). The number of amides is 2. The minimum Gasteiger partial charge on any atom is -0.373 e. The molecule has 166 valence electrons. The normalized spacial score (nSPS) is 21.5. The van der Waals surface area contributed by atoms with Crippen LogP contribution in [0.25, 0.3) is 0 Å². The molecule has 2 amide bonds. The van der Waals surface area contributed by atoms with Gasteiger partial charge in [-0.25, -0.2) is 8.42 Å². The first-order chi connectivity index (χ1) is 14.7. The lowest BCUT2D eigenvalue weighted by atomic mass is 10.2. The average molecular weight is 464 g/mol. The van der Waals surface area contributed by atoms with Gasteiger partial charge in [0.2, 0.25) is 10.0 Å².